The highest BCUT2D eigenvalue weighted by Crippen LogP contribution is 2.29. The van der Waals surface area contributed by atoms with Crippen molar-refractivity contribution in [2.45, 2.75) is 64.1 Å². The number of nitrogens with zero attached hydrogens (tertiary/aromatic N) is 5. The number of carbonyl (C=O) groups is 1. The molecule has 0 aliphatic heterocycles. The van der Waals surface area contributed by atoms with E-state index in [2.05, 4.69) is 9.97 Å². The SMILES string of the molecule is CN(C(=O)OC(C)(C)C)C1CCCCC1N(C)c1ncc(C#N)c(Cl)n1. The van der Waals surface area contributed by atoms with E-state index in [0.29, 0.717) is 5.95 Å². The zero-order valence-corrected chi connectivity index (χ0v) is 16.7. The maximum absolute atomic E-state index is 12.5. The third-order valence-electron chi connectivity index (χ3n) is 4.54. The molecular weight excluding hydrogens is 354 g/mol. The fraction of sp³-hybridized carbons (Fsp3) is 0.667. The zero-order valence-electron chi connectivity index (χ0n) is 16.0. The maximum atomic E-state index is 12.5. The average Bonchev–Trinajstić information content (AvgIpc) is 2.59. The van der Waals surface area contributed by atoms with Gasteiger partial charge in [-0.2, -0.15) is 10.2 Å². The van der Waals surface area contributed by atoms with Crippen LogP contribution < -0.4 is 4.90 Å². The molecule has 1 saturated carbocycles. The molecule has 1 aromatic heterocycles. The van der Waals surface area contributed by atoms with Gasteiger partial charge in [-0.25, -0.2) is 9.78 Å². The van der Waals surface area contributed by atoms with Crippen LogP contribution in [0.5, 0.6) is 0 Å². The van der Waals surface area contributed by atoms with Gasteiger partial charge in [0.2, 0.25) is 5.95 Å². The lowest BCUT2D eigenvalue weighted by atomic mass is 9.88. The molecule has 1 heterocycles. The fourth-order valence-electron chi connectivity index (χ4n) is 3.21. The van der Waals surface area contributed by atoms with Crippen LogP contribution in [0.2, 0.25) is 5.15 Å². The summed E-state index contributed by atoms with van der Waals surface area (Å²) >= 11 is 6.05. The van der Waals surface area contributed by atoms with Crippen molar-refractivity contribution in [2.24, 2.45) is 0 Å². The number of hydrogen-bond donors (Lipinski definition) is 0. The molecule has 1 aliphatic carbocycles. The van der Waals surface area contributed by atoms with Gasteiger partial charge in [-0.15, -0.1) is 0 Å². The quantitative estimate of drug-likeness (QED) is 0.746. The topological polar surface area (TPSA) is 82.4 Å². The Bertz CT molecular complexity index is 698. The van der Waals surface area contributed by atoms with Crippen molar-refractivity contribution in [3.05, 3.63) is 16.9 Å². The molecule has 1 amide bonds. The molecule has 2 rings (SSSR count). The smallest absolute Gasteiger partial charge is 0.410 e. The van der Waals surface area contributed by atoms with Crippen LogP contribution in [0.3, 0.4) is 0 Å². The van der Waals surface area contributed by atoms with E-state index in [1.165, 1.54) is 6.20 Å². The first-order valence-electron chi connectivity index (χ1n) is 8.75. The van der Waals surface area contributed by atoms with Gasteiger partial charge in [0, 0.05) is 14.1 Å². The van der Waals surface area contributed by atoms with Gasteiger partial charge in [-0.05, 0) is 33.6 Å². The normalized spacial score (nSPS) is 20.2. The number of rotatable bonds is 3. The summed E-state index contributed by atoms with van der Waals surface area (Å²) in [6.07, 6.45) is 5.01. The number of ether oxygens (including phenoxy) is 1. The van der Waals surface area contributed by atoms with Gasteiger partial charge < -0.3 is 14.5 Å². The number of anilines is 1. The first-order chi connectivity index (χ1) is 12.1. The third kappa shape index (κ3) is 4.76. The standard InChI is InChI=1S/C18H26ClN5O2/c1-18(2,3)26-17(25)24(5)14-9-7-6-8-13(14)23(4)16-21-11-12(10-20)15(19)22-16/h11,13-14H,6-9H2,1-5H3. The van der Waals surface area contributed by atoms with E-state index in [1.54, 1.807) is 11.9 Å². The van der Waals surface area contributed by atoms with Gasteiger partial charge in [0.15, 0.2) is 5.15 Å². The van der Waals surface area contributed by atoms with E-state index in [4.69, 9.17) is 21.6 Å². The highest BCUT2D eigenvalue weighted by atomic mass is 35.5. The second-order valence-electron chi connectivity index (χ2n) is 7.61. The summed E-state index contributed by atoms with van der Waals surface area (Å²) in [4.78, 5) is 24.6. The van der Waals surface area contributed by atoms with E-state index in [1.807, 2.05) is 38.8 Å². The molecular formula is C18H26ClN5O2. The van der Waals surface area contributed by atoms with E-state index in [-0.39, 0.29) is 28.9 Å². The first-order valence-corrected chi connectivity index (χ1v) is 9.13. The largest absolute Gasteiger partial charge is 0.444 e. The van der Waals surface area contributed by atoms with Crippen molar-refractivity contribution in [2.75, 3.05) is 19.0 Å². The summed E-state index contributed by atoms with van der Waals surface area (Å²) in [5.41, 5.74) is -0.291. The van der Waals surface area contributed by atoms with Crippen LogP contribution in [0.1, 0.15) is 52.0 Å². The molecule has 8 heteroatoms. The van der Waals surface area contributed by atoms with Crippen molar-refractivity contribution in [3.63, 3.8) is 0 Å². The van der Waals surface area contributed by atoms with Gasteiger partial charge in [-0.3, -0.25) is 0 Å². The molecule has 0 saturated heterocycles. The second-order valence-corrected chi connectivity index (χ2v) is 7.97. The zero-order chi connectivity index (χ0) is 19.5. The Labute approximate surface area is 159 Å². The van der Waals surface area contributed by atoms with Gasteiger partial charge in [0.05, 0.1) is 18.3 Å². The van der Waals surface area contributed by atoms with Crippen LogP contribution in [0, 0.1) is 11.3 Å². The van der Waals surface area contributed by atoms with E-state index in [9.17, 15) is 4.79 Å². The summed E-state index contributed by atoms with van der Waals surface area (Å²) in [6.45, 7) is 5.57. The Morgan fingerprint density at radius 3 is 2.46 bits per heavy atom. The molecule has 26 heavy (non-hydrogen) atoms. The number of hydrogen-bond acceptors (Lipinski definition) is 6. The summed E-state index contributed by atoms with van der Waals surface area (Å²) in [7, 11) is 3.67. The third-order valence-corrected chi connectivity index (χ3v) is 4.82. The Balaban J connectivity index is 2.21. The first kappa shape index (κ1) is 20.2. The van der Waals surface area contributed by atoms with Crippen LogP contribution >= 0.6 is 11.6 Å². The van der Waals surface area contributed by atoms with Crippen molar-refractivity contribution in [1.82, 2.24) is 14.9 Å². The second kappa shape index (κ2) is 8.09. The molecule has 0 bridgehead atoms. The molecule has 0 radical (unpaired) electrons. The maximum Gasteiger partial charge on any atom is 0.410 e. The molecule has 1 aliphatic rings. The van der Waals surface area contributed by atoms with E-state index in [0.717, 1.165) is 25.7 Å². The number of halogens is 1. The molecule has 2 unspecified atom stereocenters. The Morgan fingerprint density at radius 1 is 1.31 bits per heavy atom. The average molecular weight is 380 g/mol. The summed E-state index contributed by atoms with van der Waals surface area (Å²) in [6, 6.07) is 1.99. The monoisotopic (exact) mass is 379 g/mol. The molecule has 0 spiro atoms. The van der Waals surface area contributed by atoms with E-state index >= 15 is 0 Å². The minimum absolute atomic E-state index is 0.0124. The lowest BCUT2D eigenvalue weighted by Crippen LogP contribution is -2.54. The summed E-state index contributed by atoms with van der Waals surface area (Å²) in [5, 5.41) is 9.12. The highest BCUT2D eigenvalue weighted by molar-refractivity contribution is 6.30. The molecule has 0 N–H and O–H groups in total. The molecule has 0 aromatic carbocycles. The van der Waals surface area contributed by atoms with Gasteiger partial charge in [0.1, 0.15) is 17.2 Å². The minimum Gasteiger partial charge on any atom is -0.444 e. The Kier molecular flexibility index (Phi) is 6.30. The van der Waals surface area contributed by atoms with Gasteiger partial charge >= 0.3 is 6.09 Å². The van der Waals surface area contributed by atoms with E-state index < -0.39 is 5.60 Å². The number of nitriles is 1. The van der Waals surface area contributed by atoms with Crippen molar-refractivity contribution < 1.29 is 9.53 Å². The summed E-state index contributed by atoms with van der Waals surface area (Å²) in [5.74, 6) is 0.448. The van der Waals surface area contributed by atoms with Crippen LogP contribution in [-0.2, 0) is 4.74 Å². The predicted octanol–water partition coefficient (Wildman–Crippen LogP) is 3.62. The molecule has 7 nitrogen and oxygen atoms in total. The molecule has 142 valence electrons. The lowest BCUT2D eigenvalue weighted by Gasteiger charge is -2.42. The molecule has 1 aromatic rings. The van der Waals surface area contributed by atoms with Crippen molar-refractivity contribution in [1.29, 1.82) is 5.26 Å². The highest BCUT2D eigenvalue weighted by Gasteiger charge is 2.36. The molecule has 1 fully saturated rings. The minimum atomic E-state index is -0.537. The van der Waals surface area contributed by atoms with Gasteiger partial charge in [0.25, 0.3) is 0 Å². The van der Waals surface area contributed by atoms with Crippen LogP contribution in [0.15, 0.2) is 6.20 Å². The Hall–Kier alpha value is -2.07. The fourth-order valence-corrected chi connectivity index (χ4v) is 3.38. The number of amides is 1. The van der Waals surface area contributed by atoms with Crippen LogP contribution in [0.4, 0.5) is 10.7 Å². The molecule has 2 atom stereocenters. The van der Waals surface area contributed by atoms with Crippen LogP contribution in [-0.4, -0.2) is 52.7 Å². The van der Waals surface area contributed by atoms with Crippen molar-refractivity contribution in [3.8, 4) is 6.07 Å². The lowest BCUT2D eigenvalue weighted by molar-refractivity contribution is 0.0164. The van der Waals surface area contributed by atoms with Crippen LogP contribution in [0.25, 0.3) is 0 Å². The number of aromatic nitrogens is 2. The predicted molar refractivity (Wildman–Crippen MR) is 100 cm³/mol. The number of likely N-dealkylation sites (N-methyl/N-ethyl adjacent to an activating group) is 2. The van der Waals surface area contributed by atoms with Crippen molar-refractivity contribution >= 4 is 23.6 Å². The Morgan fingerprint density at radius 2 is 1.92 bits per heavy atom. The summed E-state index contributed by atoms with van der Waals surface area (Å²) < 4.78 is 5.52. The van der Waals surface area contributed by atoms with Gasteiger partial charge in [-0.1, -0.05) is 24.4 Å². The number of carbonyl (C=O) groups excluding carboxylic acids is 1.